The van der Waals surface area contributed by atoms with E-state index in [2.05, 4.69) is 30.0 Å². The Morgan fingerprint density at radius 2 is 1.93 bits per heavy atom. The van der Waals surface area contributed by atoms with Crippen LogP contribution in [0.4, 0.5) is 5.13 Å². The molecule has 0 N–H and O–H groups in total. The zero-order chi connectivity index (χ0) is 19.0. The summed E-state index contributed by atoms with van der Waals surface area (Å²) in [5.74, 6) is -0.0697. The maximum absolute atomic E-state index is 12.8. The van der Waals surface area contributed by atoms with Gasteiger partial charge in [0.05, 0.1) is 20.8 Å². The first-order valence-electron chi connectivity index (χ1n) is 8.94. The van der Waals surface area contributed by atoms with Crippen LogP contribution < -0.4 is 4.90 Å². The van der Waals surface area contributed by atoms with E-state index in [4.69, 9.17) is 28.2 Å². The molecule has 0 spiro atoms. The van der Waals surface area contributed by atoms with E-state index in [1.165, 1.54) is 10.3 Å². The van der Waals surface area contributed by atoms with Crippen LogP contribution in [0.15, 0.2) is 36.4 Å². The van der Waals surface area contributed by atoms with E-state index in [0.29, 0.717) is 28.7 Å². The van der Waals surface area contributed by atoms with E-state index in [1.807, 2.05) is 4.90 Å². The second-order valence-electron chi connectivity index (χ2n) is 6.52. The van der Waals surface area contributed by atoms with Crippen LogP contribution in [0.2, 0.25) is 10.0 Å². The lowest BCUT2D eigenvalue weighted by Crippen LogP contribution is -2.48. The number of carbonyl (C=O) groups is 1. The van der Waals surface area contributed by atoms with Crippen LogP contribution in [-0.2, 0) is 6.42 Å². The van der Waals surface area contributed by atoms with Crippen molar-refractivity contribution in [1.82, 2.24) is 9.88 Å². The van der Waals surface area contributed by atoms with Gasteiger partial charge in [-0.15, -0.1) is 0 Å². The number of hydrogen-bond acceptors (Lipinski definition) is 4. The zero-order valence-electron chi connectivity index (χ0n) is 14.9. The standard InChI is InChI=1S/C20H19Cl2N3OS/c1-2-13-4-3-5-17-18(13)23-20(27-17)25-10-8-24(9-11-25)19(26)15-12-14(21)6-7-16(15)22/h3-7,12H,2,8-11H2,1H3. The van der Waals surface area contributed by atoms with Gasteiger partial charge in [0.15, 0.2) is 5.13 Å². The number of para-hydroxylation sites is 1. The highest BCUT2D eigenvalue weighted by molar-refractivity contribution is 7.22. The summed E-state index contributed by atoms with van der Waals surface area (Å²) in [4.78, 5) is 21.7. The van der Waals surface area contributed by atoms with E-state index in [9.17, 15) is 4.79 Å². The molecule has 27 heavy (non-hydrogen) atoms. The summed E-state index contributed by atoms with van der Waals surface area (Å²) >= 11 is 13.9. The maximum Gasteiger partial charge on any atom is 0.255 e. The fraction of sp³-hybridized carbons (Fsp3) is 0.300. The van der Waals surface area contributed by atoms with Crippen molar-refractivity contribution in [1.29, 1.82) is 0 Å². The van der Waals surface area contributed by atoms with Gasteiger partial charge < -0.3 is 9.80 Å². The molecule has 0 unspecified atom stereocenters. The van der Waals surface area contributed by atoms with Gasteiger partial charge in [0.25, 0.3) is 5.91 Å². The SMILES string of the molecule is CCc1cccc2sc(N3CCN(C(=O)c4cc(Cl)ccc4Cl)CC3)nc12. The van der Waals surface area contributed by atoms with E-state index in [1.54, 1.807) is 29.5 Å². The predicted molar refractivity (Wildman–Crippen MR) is 114 cm³/mol. The van der Waals surface area contributed by atoms with Crippen LogP contribution in [0.25, 0.3) is 10.2 Å². The van der Waals surface area contributed by atoms with Crippen molar-refractivity contribution in [2.75, 3.05) is 31.1 Å². The van der Waals surface area contributed by atoms with E-state index in [0.717, 1.165) is 30.2 Å². The quantitative estimate of drug-likeness (QED) is 0.590. The number of nitrogens with zero attached hydrogens (tertiary/aromatic N) is 3. The Balaban J connectivity index is 1.49. The van der Waals surface area contributed by atoms with Gasteiger partial charge in [0.2, 0.25) is 0 Å². The molecular weight excluding hydrogens is 401 g/mol. The molecule has 140 valence electrons. The van der Waals surface area contributed by atoms with Crippen LogP contribution in [0, 0.1) is 0 Å². The largest absolute Gasteiger partial charge is 0.345 e. The lowest BCUT2D eigenvalue weighted by atomic mass is 10.1. The van der Waals surface area contributed by atoms with Crippen LogP contribution >= 0.6 is 34.5 Å². The van der Waals surface area contributed by atoms with Crippen LogP contribution in [0.1, 0.15) is 22.8 Å². The van der Waals surface area contributed by atoms with E-state index >= 15 is 0 Å². The Labute approximate surface area is 172 Å². The number of fused-ring (bicyclic) bond motifs is 1. The molecular formula is C20H19Cl2N3OS. The number of benzene rings is 2. The first-order valence-corrected chi connectivity index (χ1v) is 10.5. The number of rotatable bonds is 3. The Hall–Kier alpha value is -1.82. The molecule has 1 aromatic heterocycles. The van der Waals surface area contributed by atoms with Crippen molar-refractivity contribution in [3.63, 3.8) is 0 Å². The van der Waals surface area contributed by atoms with Crippen molar-refractivity contribution in [2.24, 2.45) is 0 Å². The molecule has 2 aromatic carbocycles. The third-order valence-corrected chi connectivity index (χ3v) is 6.51. The second kappa shape index (κ2) is 7.66. The Bertz CT molecular complexity index is 996. The van der Waals surface area contributed by atoms with Gasteiger partial charge in [-0.2, -0.15) is 0 Å². The first-order chi connectivity index (χ1) is 13.1. The number of hydrogen-bond donors (Lipinski definition) is 0. The predicted octanol–water partition coefficient (Wildman–Crippen LogP) is 5.13. The average Bonchev–Trinajstić information content (AvgIpc) is 3.14. The molecule has 0 aliphatic carbocycles. The molecule has 0 bridgehead atoms. The number of amides is 1. The summed E-state index contributed by atoms with van der Waals surface area (Å²) in [5, 5.41) is 1.98. The molecule has 0 radical (unpaired) electrons. The fourth-order valence-electron chi connectivity index (χ4n) is 3.35. The summed E-state index contributed by atoms with van der Waals surface area (Å²) in [6.07, 6.45) is 0.975. The van der Waals surface area contributed by atoms with Crippen LogP contribution in [0.3, 0.4) is 0 Å². The number of halogens is 2. The maximum atomic E-state index is 12.8. The molecule has 0 saturated carbocycles. The summed E-state index contributed by atoms with van der Waals surface area (Å²) in [7, 11) is 0. The van der Waals surface area contributed by atoms with Gasteiger partial charge in [-0.3, -0.25) is 4.79 Å². The number of piperazine rings is 1. The highest BCUT2D eigenvalue weighted by Gasteiger charge is 2.25. The highest BCUT2D eigenvalue weighted by Crippen LogP contribution is 2.32. The van der Waals surface area contributed by atoms with Gasteiger partial charge in [0.1, 0.15) is 0 Å². The average molecular weight is 420 g/mol. The van der Waals surface area contributed by atoms with E-state index in [-0.39, 0.29) is 5.91 Å². The summed E-state index contributed by atoms with van der Waals surface area (Å²) in [6, 6.07) is 11.3. The van der Waals surface area contributed by atoms with E-state index < -0.39 is 0 Å². The van der Waals surface area contributed by atoms with Crippen LogP contribution in [0.5, 0.6) is 0 Å². The first kappa shape index (κ1) is 18.5. The molecule has 4 nitrogen and oxygen atoms in total. The van der Waals surface area contributed by atoms with Crippen molar-refractivity contribution in [2.45, 2.75) is 13.3 Å². The monoisotopic (exact) mass is 419 g/mol. The normalized spacial score (nSPS) is 14.8. The lowest BCUT2D eigenvalue weighted by Gasteiger charge is -2.34. The Kier molecular flexibility index (Phi) is 5.26. The van der Waals surface area contributed by atoms with Crippen molar-refractivity contribution in [3.8, 4) is 0 Å². The summed E-state index contributed by atoms with van der Waals surface area (Å²) in [6.45, 7) is 4.94. The molecule has 1 aliphatic heterocycles. The molecule has 1 amide bonds. The Morgan fingerprint density at radius 3 is 2.67 bits per heavy atom. The number of aryl methyl sites for hydroxylation is 1. The number of thiazole rings is 1. The van der Waals surface area contributed by atoms with Gasteiger partial charge >= 0.3 is 0 Å². The minimum absolute atomic E-state index is 0.0697. The summed E-state index contributed by atoms with van der Waals surface area (Å²) in [5.41, 5.74) is 2.84. The molecule has 0 atom stereocenters. The molecule has 2 heterocycles. The third-order valence-electron chi connectivity index (χ3n) is 4.87. The minimum Gasteiger partial charge on any atom is -0.345 e. The van der Waals surface area contributed by atoms with Gasteiger partial charge in [-0.25, -0.2) is 4.98 Å². The molecule has 1 saturated heterocycles. The number of aromatic nitrogens is 1. The molecule has 4 rings (SSSR count). The number of anilines is 1. The lowest BCUT2D eigenvalue weighted by molar-refractivity contribution is 0.0747. The molecule has 1 fully saturated rings. The van der Waals surface area contributed by atoms with Crippen molar-refractivity contribution < 1.29 is 4.79 Å². The van der Waals surface area contributed by atoms with Gasteiger partial charge in [0, 0.05) is 31.2 Å². The van der Waals surface area contributed by atoms with Gasteiger partial charge in [-0.1, -0.05) is 53.6 Å². The minimum atomic E-state index is -0.0697. The molecule has 7 heteroatoms. The summed E-state index contributed by atoms with van der Waals surface area (Å²) < 4.78 is 1.22. The smallest absolute Gasteiger partial charge is 0.255 e. The van der Waals surface area contributed by atoms with Crippen molar-refractivity contribution >= 4 is 55.8 Å². The van der Waals surface area contributed by atoms with Gasteiger partial charge in [-0.05, 0) is 36.2 Å². The topological polar surface area (TPSA) is 36.4 Å². The zero-order valence-corrected chi connectivity index (χ0v) is 17.2. The highest BCUT2D eigenvalue weighted by atomic mass is 35.5. The third kappa shape index (κ3) is 3.64. The number of carbonyl (C=O) groups excluding carboxylic acids is 1. The second-order valence-corrected chi connectivity index (χ2v) is 8.37. The van der Waals surface area contributed by atoms with Crippen molar-refractivity contribution in [3.05, 3.63) is 57.6 Å². The molecule has 3 aromatic rings. The Morgan fingerprint density at radius 1 is 1.15 bits per heavy atom. The fourth-order valence-corrected chi connectivity index (χ4v) is 4.78. The molecule has 1 aliphatic rings. The van der Waals surface area contributed by atoms with Crippen LogP contribution in [-0.4, -0.2) is 42.0 Å².